The minimum atomic E-state index is -0.438. The summed E-state index contributed by atoms with van der Waals surface area (Å²) in [6.07, 6.45) is 0. The third-order valence-corrected chi connectivity index (χ3v) is 5.20. The molecule has 1 atom stereocenters. The van der Waals surface area contributed by atoms with Crippen LogP contribution < -0.4 is 14.8 Å². The highest BCUT2D eigenvalue weighted by molar-refractivity contribution is 6.19. The van der Waals surface area contributed by atoms with Gasteiger partial charge >= 0.3 is 0 Å². The molecule has 1 aliphatic rings. The van der Waals surface area contributed by atoms with Crippen LogP contribution in [0.25, 0.3) is 0 Å². The molecule has 3 aromatic carbocycles. The molecule has 0 spiro atoms. The van der Waals surface area contributed by atoms with E-state index in [9.17, 15) is 9.18 Å². The lowest BCUT2D eigenvalue weighted by atomic mass is 9.92. The highest BCUT2D eigenvalue weighted by atomic mass is 19.1. The van der Waals surface area contributed by atoms with Crippen molar-refractivity contribution in [3.63, 3.8) is 0 Å². The first-order valence-corrected chi connectivity index (χ1v) is 10.0. The van der Waals surface area contributed by atoms with Gasteiger partial charge in [0.2, 0.25) is 0 Å². The fraction of sp³-hybridized carbons (Fsp3) is 0.160. The minimum absolute atomic E-state index is 0.326. The van der Waals surface area contributed by atoms with Gasteiger partial charge in [0.15, 0.2) is 11.5 Å². The molecule has 1 amide bonds. The monoisotopic (exact) mass is 431 g/mol. The van der Waals surface area contributed by atoms with E-state index in [0.29, 0.717) is 34.3 Å². The lowest BCUT2D eigenvalue weighted by Crippen LogP contribution is -2.37. The molecule has 0 radical (unpaired) electrons. The second-order valence-electron chi connectivity index (χ2n) is 7.25. The Bertz CT molecular complexity index is 1220. The van der Waals surface area contributed by atoms with Crippen molar-refractivity contribution in [1.82, 2.24) is 5.32 Å². The van der Waals surface area contributed by atoms with Crippen LogP contribution in [-0.4, -0.2) is 31.7 Å². The molecule has 32 heavy (non-hydrogen) atoms. The van der Waals surface area contributed by atoms with Gasteiger partial charge in [-0.25, -0.2) is 9.38 Å². The third kappa shape index (κ3) is 4.23. The number of nitrogens with one attached hydrogen (secondary N) is 1. The van der Waals surface area contributed by atoms with Crippen LogP contribution in [0, 0.1) is 5.82 Å². The van der Waals surface area contributed by atoms with Crippen LogP contribution >= 0.6 is 0 Å². The van der Waals surface area contributed by atoms with Crippen molar-refractivity contribution < 1.29 is 18.7 Å². The lowest BCUT2D eigenvalue weighted by Gasteiger charge is -2.20. The van der Waals surface area contributed by atoms with Crippen LogP contribution in [0.3, 0.4) is 0 Å². The molecule has 0 aromatic heterocycles. The van der Waals surface area contributed by atoms with Gasteiger partial charge < -0.3 is 14.8 Å². The Morgan fingerprint density at radius 1 is 0.906 bits per heavy atom. The Hall–Kier alpha value is -4.00. The van der Waals surface area contributed by atoms with Crippen molar-refractivity contribution in [2.75, 3.05) is 14.2 Å². The number of aliphatic imine (C=N–C) groups is 2. The summed E-state index contributed by atoms with van der Waals surface area (Å²) in [7, 11) is 3.14. The maximum absolute atomic E-state index is 13.3. The van der Waals surface area contributed by atoms with Crippen molar-refractivity contribution >= 4 is 28.8 Å². The van der Waals surface area contributed by atoms with E-state index < -0.39 is 11.7 Å². The summed E-state index contributed by atoms with van der Waals surface area (Å²) in [6.45, 7) is 1.89. The Morgan fingerprint density at radius 3 is 2.22 bits per heavy atom. The van der Waals surface area contributed by atoms with E-state index in [2.05, 4.69) is 5.32 Å². The maximum Gasteiger partial charge on any atom is 0.256 e. The Balaban J connectivity index is 1.80. The number of ether oxygens (including phenoxy) is 2. The predicted octanol–water partition coefficient (Wildman–Crippen LogP) is 5.19. The molecule has 3 aromatic rings. The number of hydrogen-bond acceptors (Lipinski definition) is 5. The molecule has 0 aliphatic carbocycles. The number of methoxy groups -OCH3 is 2. The summed E-state index contributed by atoms with van der Waals surface area (Å²) in [5, 5.41) is 2.92. The van der Waals surface area contributed by atoms with Gasteiger partial charge in [0.25, 0.3) is 5.91 Å². The molecule has 0 bridgehead atoms. The van der Waals surface area contributed by atoms with Gasteiger partial charge in [-0.1, -0.05) is 18.2 Å². The number of carbonyl (C=O) groups is 1. The zero-order valence-corrected chi connectivity index (χ0v) is 17.9. The van der Waals surface area contributed by atoms with Crippen LogP contribution in [0.4, 0.5) is 15.8 Å². The van der Waals surface area contributed by atoms with Crippen molar-refractivity contribution in [3.8, 4) is 11.5 Å². The van der Waals surface area contributed by atoms with E-state index in [4.69, 9.17) is 19.5 Å². The van der Waals surface area contributed by atoms with Crippen LogP contribution in [0.15, 0.2) is 76.7 Å². The van der Waals surface area contributed by atoms with Crippen LogP contribution in [0.2, 0.25) is 0 Å². The van der Waals surface area contributed by atoms with Crippen LogP contribution in [0.1, 0.15) is 28.8 Å². The molecular formula is C25H22FN3O3. The van der Waals surface area contributed by atoms with Gasteiger partial charge in [-0.2, -0.15) is 0 Å². The molecule has 1 aliphatic heterocycles. The van der Waals surface area contributed by atoms with E-state index in [1.807, 2.05) is 43.3 Å². The normalized spacial score (nSPS) is 15.1. The van der Waals surface area contributed by atoms with Gasteiger partial charge in [-0.15, -0.1) is 0 Å². The molecular weight excluding hydrogens is 409 g/mol. The summed E-state index contributed by atoms with van der Waals surface area (Å²) in [5.41, 5.74) is 3.26. The first-order valence-electron chi connectivity index (χ1n) is 10.0. The zero-order valence-electron chi connectivity index (χ0n) is 17.9. The Kier molecular flexibility index (Phi) is 5.98. The Morgan fingerprint density at radius 2 is 1.56 bits per heavy atom. The number of amides is 1. The summed E-state index contributed by atoms with van der Waals surface area (Å²) < 4.78 is 24.1. The molecule has 162 valence electrons. The maximum atomic E-state index is 13.3. The highest BCUT2D eigenvalue weighted by Gasteiger charge is 2.27. The number of hydrogen-bond donors (Lipinski definition) is 1. The van der Waals surface area contributed by atoms with Crippen LogP contribution in [-0.2, 0) is 0 Å². The second kappa shape index (κ2) is 9.01. The average molecular weight is 431 g/mol. The number of para-hydroxylation sites is 2. The minimum Gasteiger partial charge on any atom is -0.493 e. The molecule has 1 heterocycles. The molecule has 0 unspecified atom stereocenters. The second-order valence-corrected chi connectivity index (χ2v) is 7.25. The first kappa shape index (κ1) is 21.2. The van der Waals surface area contributed by atoms with E-state index >= 15 is 0 Å². The molecule has 0 saturated carbocycles. The summed E-state index contributed by atoms with van der Waals surface area (Å²) in [4.78, 5) is 22.5. The zero-order chi connectivity index (χ0) is 22.7. The van der Waals surface area contributed by atoms with Crippen molar-refractivity contribution in [1.29, 1.82) is 0 Å². The van der Waals surface area contributed by atoms with E-state index in [-0.39, 0.29) is 5.91 Å². The Labute approximate surface area is 185 Å². The number of benzene rings is 3. The smallest absolute Gasteiger partial charge is 0.256 e. The number of rotatable bonds is 4. The summed E-state index contributed by atoms with van der Waals surface area (Å²) in [6, 6.07) is 18.4. The molecule has 6 nitrogen and oxygen atoms in total. The number of nitrogens with zero attached hydrogens (tertiary/aromatic N) is 2. The summed E-state index contributed by atoms with van der Waals surface area (Å²) in [5.74, 6) is 0.333. The molecule has 0 fully saturated rings. The fourth-order valence-corrected chi connectivity index (χ4v) is 3.62. The lowest BCUT2D eigenvalue weighted by molar-refractivity contribution is 0.0976. The van der Waals surface area contributed by atoms with Crippen molar-refractivity contribution in [2.24, 2.45) is 9.98 Å². The topological polar surface area (TPSA) is 72.3 Å². The van der Waals surface area contributed by atoms with Gasteiger partial charge in [0.05, 0.1) is 31.5 Å². The van der Waals surface area contributed by atoms with Crippen molar-refractivity contribution in [3.05, 3.63) is 83.7 Å². The average Bonchev–Trinajstić information content (AvgIpc) is 2.94. The summed E-state index contributed by atoms with van der Waals surface area (Å²) >= 11 is 0. The number of amidine groups is 1. The quantitative estimate of drug-likeness (QED) is 0.618. The first-order chi connectivity index (χ1) is 15.5. The largest absolute Gasteiger partial charge is 0.493 e. The number of fused-ring (bicyclic) bond motifs is 1. The molecule has 4 rings (SSSR count). The predicted molar refractivity (Wildman–Crippen MR) is 122 cm³/mol. The molecule has 0 saturated heterocycles. The SMILES string of the molecule is COc1ccc([C@@H]2C(C)=Nc3ccccc3N=C2NC(=O)c2ccc(F)cc2)cc1OC. The van der Waals surface area contributed by atoms with Gasteiger partial charge in [0.1, 0.15) is 11.7 Å². The molecule has 1 N–H and O–H groups in total. The highest BCUT2D eigenvalue weighted by Crippen LogP contribution is 2.37. The fourth-order valence-electron chi connectivity index (χ4n) is 3.62. The molecule has 7 heteroatoms. The van der Waals surface area contributed by atoms with E-state index in [1.54, 1.807) is 20.3 Å². The number of carbonyl (C=O) groups excluding carboxylic acids is 1. The van der Waals surface area contributed by atoms with Gasteiger partial charge in [-0.3, -0.25) is 9.79 Å². The van der Waals surface area contributed by atoms with Gasteiger partial charge in [-0.05, 0) is 61.0 Å². The van der Waals surface area contributed by atoms with E-state index in [1.165, 1.54) is 24.3 Å². The van der Waals surface area contributed by atoms with Crippen LogP contribution in [0.5, 0.6) is 11.5 Å². The van der Waals surface area contributed by atoms with Gasteiger partial charge in [0, 0.05) is 11.3 Å². The van der Waals surface area contributed by atoms with Crippen molar-refractivity contribution in [2.45, 2.75) is 12.8 Å². The third-order valence-electron chi connectivity index (χ3n) is 5.20. The number of halogens is 1. The van der Waals surface area contributed by atoms with E-state index in [0.717, 1.165) is 11.3 Å². The standard InChI is InChI=1S/C25H22FN3O3/c1-15-23(17-10-13-21(31-2)22(14-17)32-3)24(28-20-7-5-4-6-19(20)27-15)29-25(30)16-8-11-18(26)12-9-16/h4-14,23H,1-3H3,(H,28,29,30)/t23-/m0/s1.